The largest absolute Gasteiger partial charge is 0.399 e. The standard InChI is InChI=1S/C8H11N.H3N/c1-6-4-3-5-8(9)7(6)2;/h3-5H,9H2,1-2H3;1H3/p+1. The fourth-order valence-electron chi connectivity index (χ4n) is 0.774. The lowest BCUT2D eigenvalue weighted by atomic mass is 10.1. The van der Waals surface area contributed by atoms with Crippen molar-refractivity contribution in [3.8, 4) is 0 Å². The Kier molecular flexibility index (Phi) is 2.90. The van der Waals surface area contributed by atoms with E-state index in [9.17, 15) is 0 Å². The molecule has 0 fully saturated rings. The van der Waals surface area contributed by atoms with Gasteiger partial charge < -0.3 is 11.9 Å². The molecule has 0 atom stereocenters. The summed E-state index contributed by atoms with van der Waals surface area (Å²) in [6.07, 6.45) is 0. The molecule has 0 saturated carbocycles. The van der Waals surface area contributed by atoms with Gasteiger partial charge in [0.05, 0.1) is 0 Å². The van der Waals surface area contributed by atoms with Crippen LogP contribution in [-0.4, -0.2) is 0 Å². The summed E-state index contributed by atoms with van der Waals surface area (Å²) < 4.78 is 0. The Balaban J connectivity index is 0.000000810. The predicted molar refractivity (Wildman–Crippen MR) is 46.3 cm³/mol. The lowest BCUT2D eigenvalue weighted by molar-refractivity contribution is 1.35. The summed E-state index contributed by atoms with van der Waals surface area (Å²) in [7, 11) is 0. The van der Waals surface area contributed by atoms with Crippen LogP contribution in [0, 0.1) is 13.8 Å². The quantitative estimate of drug-likeness (QED) is 0.532. The molecule has 0 radical (unpaired) electrons. The van der Waals surface area contributed by atoms with Gasteiger partial charge in [0.2, 0.25) is 0 Å². The van der Waals surface area contributed by atoms with Gasteiger partial charge in [-0.1, -0.05) is 12.1 Å². The van der Waals surface area contributed by atoms with Gasteiger partial charge in [0.15, 0.2) is 0 Å². The number of anilines is 1. The molecule has 6 N–H and O–H groups in total. The lowest BCUT2D eigenvalue weighted by Gasteiger charge is -2.00. The van der Waals surface area contributed by atoms with Crippen LogP contribution in [0.4, 0.5) is 5.69 Å². The van der Waals surface area contributed by atoms with Crippen molar-refractivity contribution in [2.75, 3.05) is 5.73 Å². The molecule has 0 heterocycles. The summed E-state index contributed by atoms with van der Waals surface area (Å²) >= 11 is 0. The summed E-state index contributed by atoms with van der Waals surface area (Å²) in [6.45, 7) is 4.09. The van der Waals surface area contributed by atoms with Crippen LogP contribution in [-0.2, 0) is 0 Å². The molecule has 0 unspecified atom stereocenters. The van der Waals surface area contributed by atoms with Crippen molar-refractivity contribution in [2.45, 2.75) is 13.8 Å². The first kappa shape index (κ1) is 8.98. The zero-order valence-electron chi connectivity index (χ0n) is 6.81. The minimum absolute atomic E-state index is 0. The number of nitrogens with two attached hydrogens (primary N) is 1. The molecule has 10 heavy (non-hydrogen) atoms. The molecule has 0 aromatic heterocycles. The Morgan fingerprint density at radius 3 is 2.20 bits per heavy atom. The van der Waals surface area contributed by atoms with Crippen molar-refractivity contribution in [1.29, 1.82) is 0 Å². The maximum Gasteiger partial charge on any atom is 0.0346 e. The van der Waals surface area contributed by atoms with Gasteiger partial charge in [0.1, 0.15) is 0 Å². The first-order valence-electron chi connectivity index (χ1n) is 3.03. The van der Waals surface area contributed by atoms with Crippen LogP contribution < -0.4 is 11.9 Å². The van der Waals surface area contributed by atoms with Gasteiger partial charge in [-0.05, 0) is 31.0 Å². The predicted octanol–water partition coefficient (Wildman–Crippen LogP) is 2.26. The molecule has 0 spiro atoms. The highest BCUT2D eigenvalue weighted by molar-refractivity contribution is 5.49. The normalized spacial score (nSPS) is 8.60. The van der Waals surface area contributed by atoms with Crippen molar-refractivity contribution in [3.63, 3.8) is 0 Å². The third-order valence-electron chi connectivity index (χ3n) is 1.65. The number of quaternary nitrogens is 1. The van der Waals surface area contributed by atoms with Crippen LogP contribution in [0.15, 0.2) is 18.2 Å². The van der Waals surface area contributed by atoms with Crippen molar-refractivity contribution < 1.29 is 0 Å². The Labute approximate surface area is 61.6 Å². The number of rotatable bonds is 0. The van der Waals surface area contributed by atoms with E-state index in [2.05, 4.69) is 13.0 Å². The number of nitrogen functional groups attached to an aromatic ring is 1. The van der Waals surface area contributed by atoms with Crippen LogP contribution in [0.3, 0.4) is 0 Å². The van der Waals surface area contributed by atoms with Crippen molar-refractivity contribution in [3.05, 3.63) is 29.3 Å². The highest BCUT2D eigenvalue weighted by atomic mass is 14.5. The van der Waals surface area contributed by atoms with Crippen LogP contribution in [0.5, 0.6) is 0 Å². The highest BCUT2D eigenvalue weighted by Crippen LogP contribution is 2.13. The molecular formula is C8H15N2+. The van der Waals surface area contributed by atoms with Gasteiger partial charge in [-0.15, -0.1) is 0 Å². The van der Waals surface area contributed by atoms with Crippen LogP contribution in [0.25, 0.3) is 0 Å². The minimum Gasteiger partial charge on any atom is -0.399 e. The lowest BCUT2D eigenvalue weighted by Crippen LogP contribution is -1.90. The summed E-state index contributed by atoms with van der Waals surface area (Å²) in [5, 5.41) is 0. The Hall–Kier alpha value is -1.02. The number of hydrogen-bond donors (Lipinski definition) is 2. The Morgan fingerprint density at radius 1 is 1.20 bits per heavy atom. The van der Waals surface area contributed by atoms with E-state index in [1.165, 1.54) is 11.1 Å². The topological polar surface area (TPSA) is 62.5 Å². The molecule has 0 bridgehead atoms. The Morgan fingerprint density at radius 2 is 1.80 bits per heavy atom. The van der Waals surface area contributed by atoms with Gasteiger partial charge in [-0.25, -0.2) is 0 Å². The van der Waals surface area contributed by atoms with Crippen LogP contribution >= 0.6 is 0 Å². The molecule has 0 amide bonds. The SMILES string of the molecule is Cc1cccc(N)c1C.[NH4+]. The molecular weight excluding hydrogens is 124 g/mol. The van der Waals surface area contributed by atoms with Gasteiger partial charge in [0, 0.05) is 5.69 Å². The summed E-state index contributed by atoms with van der Waals surface area (Å²) in [5.41, 5.74) is 8.96. The molecule has 1 aromatic rings. The fraction of sp³-hybridized carbons (Fsp3) is 0.250. The van der Waals surface area contributed by atoms with Crippen molar-refractivity contribution >= 4 is 5.69 Å². The van der Waals surface area contributed by atoms with Gasteiger partial charge in [-0.2, -0.15) is 0 Å². The summed E-state index contributed by atoms with van der Waals surface area (Å²) in [6, 6.07) is 5.95. The van der Waals surface area contributed by atoms with Crippen LogP contribution in [0.1, 0.15) is 11.1 Å². The second kappa shape index (κ2) is 3.22. The molecule has 0 aliphatic rings. The third-order valence-corrected chi connectivity index (χ3v) is 1.65. The van der Waals surface area contributed by atoms with E-state index in [1.807, 2.05) is 19.1 Å². The van der Waals surface area contributed by atoms with E-state index in [0.29, 0.717) is 0 Å². The van der Waals surface area contributed by atoms with E-state index in [4.69, 9.17) is 5.73 Å². The van der Waals surface area contributed by atoms with Gasteiger partial charge in [0.25, 0.3) is 0 Å². The summed E-state index contributed by atoms with van der Waals surface area (Å²) in [4.78, 5) is 0. The summed E-state index contributed by atoms with van der Waals surface area (Å²) in [5.74, 6) is 0. The monoisotopic (exact) mass is 139 g/mol. The zero-order valence-corrected chi connectivity index (χ0v) is 6.81. The molecule has 0 aliphatic carbocycles. The molecule has 2 nitrogen and oxygen atoms in total. The van der Waals surface area contributed by atoms with Crippen molar-refractivity contribution in [2.24, 2.45) is 0 Å². The Bertz CT molecular complexity index is 198. The molecule has 2 heteroatoms. The van der Waals surface area contributed by atoms with Crippen LogP contribution in [0.2, 0.25) is 0 Å². The number of hydrogen-bond acceptors (Lipinski definition) is 1. The van der Waals surface area contributed by atoms with E-state index in [1.54, 1.807) is 0 Å². The van der Waals surface area contributed by atoms with E-state index in [-0.39, 0.29) is 6.15 Å². The molecule has 0 aliphatic heterocycles. The maximum absolute atomic E-state index is 5.62. The molecule has 1 aromatic carbocycles. The second-order valence-electron chi connectivity index (χ2n) is 2.29. The fourth-order valence-corrected chi connectivity index (χ4v) is 0.774. The van der Waals surface area contributed by atoms with Crippen molar-refractivity contribution in [1.82, 2.24) is 6.15 Å². The third kappa shape index (κ3) is 1.48. The number of benzene rings is 1. The second-order valence-corrected chi connectivity index (χ2v) is 2.29. The first-order chi connectivity index (χ1) is 4.22. The zero-order chi connectivity index (χ0) is 6.85. The highest BCUT2D eigenvalue weighted by Gasteiger charge is 1.92. The average Bonchev–Trinajstić information content (AvgIpc) is 1.83. The molecule has 56 valence electrons. The first-order valence-corrected chi connectivity index (χ1v) is 3.03. The molecule has 1 rings (SSSR count). The van der Waals surface area contributed by atoms with Gasteiger partial charge in [-0.3, -0.25) is 0 Å². The van der Waals surface area contributed by atoms with E-state index in [0.717, 1.165) is 5.69 Å². The number of aryl methyl sites for hydroxylation is 1. The van der Waals surface area contributed by atoms with E-state index >= 15 is 0 Å². The van der Waals surface area contributed by atoms with E-state index < -0.39 is 0 Å². The minimum atomic E-state index is 0. The molecule has 0 saturated heterocycles. The smallest absolute Gasteiger partial charge is 0.0346 e. The maximum atomic E-state index is 5.62. The average molecular weight is 139 g/mol. The van der Waals surface area contributed by atoms with Gasteiger partial charge >= 0.3 is 0 Å².